The largest absolute Gasteiger partial charge is 0.360 e. The third-order valence-electron chi connectivity index (χ3n) is 3.19. The highest BCUT2D eigenvalue weighted by Gasteiger charge is 2.30. The number of sulfone groups is 1. The van der Waals surface area contributed by atoms with Crippen LogP contribution in [0.2, 0.25) is 10.0 Å². The summed E-state index contributed by atoms with van der Waals surface area (Å²) in [5.41, 5.74) is 0.271. The van der Waals surface area contributed by atoms with Gasteiger partial charge in [0.25, 0.3) is 0 Å². The predicted molar refractivity (Wildman–Crippen MR) is 88.4 cm³/mol. The molecule has 0 bridgehead atoms. The van der Waals surface area contributed by atoms with Gasteiger partial charge >= 0.3 is 0 Å². The maximum absolute atomic E-state index is 12.4. The molecule has 0 saturated carbocycles. The minimum absolute atomic E-state index is 0.158. The van der Waals surface area contributed by atoms with E-state index in [9.17, 15) is 13.2 Å². The summed E-state index contributed by atoms with van der Waals surface area (Å²) in [6.45, 7) is 2.95. The number of benzene rings is 1. The molecule has 1 heterocycles. The first-order valence-corrected chi connectivity index (χ1v) is 9.06. The molecule has 0 aliphatic rings. The molecule has 2 aromatic rings. The summed E-state index contributed by atoms with van der Waals surface area (Å²) in [6, 6.07) is 6.19. The number of hydrogen-bond donors (Lipinski definition) is 1. The normalized spacial score (nSPS) is 12.9. The van der Waals surface area contributed by atoms with Gasteiger partial charge < -0.3 is 9.84 Å². The van der Waals surface area contributed by atoms with E-state index in [1.807, 2.05) is 0 Å². The van der Waals surface area contributed by atoms with Gasteiger partial charge in [0.05, 0.1) is 5.75 Å². The Kier molecular flexibility index (Phi) is 5.33. The molecule has 0 aliphatic heterocycles. The van der Waals surface area contributed by atoms with Crippen LogP contribution in [-0.2, 0) is 20.4 Å². The smallest absolute Gasteiger partial charge is 0.243 e. The van der Waals surface area contributed by atoms with Gasteiger partial charge in [-0.15, -0.1) is 0 Å². The quantitative estimate of drug-likeness (QED) is 0.864. The lowest BCUT2D eigenvalue weighted by Crippen LogP contribution is -2.33. The van der Waals surface area contributed by atoms with Crippen molar-refractivity contribution in [2.24, 2.45) is 0 Å². The number of nitrogens with zero attached hydrogens (tertiary/aromatic N) is 1. The first kappa shape index (κ1) is 17.8. The molecule has 1 aromatic carbocycles. The fraction of sp³-hybridized carbons (Fsp3) is 0.286. The summed E-state index contributed by atoms with van der Waals surface area (Å²) in [5.74, 6) is -0.483. The average Bonchev–Trinajstić information content (AvgIpc) is 2.87. The van der Waals surface area contributed by atoms with Crippen molar-refractivity contribution in [3.8, 4) is 0 Å². The molecule has 1 unspecified atom stereocenters. The standard InChI is InChI=1S/C14H14Cl2N2O4S/c1-8-6-13(18-22-8)17-14(19)9(2)23(20,21)7-10-11(15)4-3-5-12(10)16/h3-6,9H,7H2,1-2H3,(H,17,18,19). The molecule has 1 aromatic heterocycles. The van der Waals surface area contributed by atoms with Crippen LogP contribution in [0.4, 0.5) is 5.82 Å². The second-order valence-electron chi connectivity index (χ2n) is 4.96. The topological polar surface area (TPSA) is 89.3 Å². The molecule has 6 nitrogen and oxygen atoms in total. The monoisotopic (exact) mass is 376 g/mol. The zero-order chi connectivity index (χ0) is 17.2. The molecule has 23 heavy (non-hydrogen) atoms. The van der Waals surface area contributed by atoms with Crippen LogP contribution in [0.1, 0.15) is 18.2 Å². The minimum Gasteiger partial charge on any atom is -0.360 e. The van der Waals surface area contributed by atoms with Crippen LogP contribution in [0, 0.1) is 6.92 Å². The first-order valence-electron chi connectivity index (χ1n) is 6.59. The van der Waals surface area contributed by atoms with Crippen LogP contribution in [0.25, 0.3) is 0 Å². The summed E-state index contributed by atoms with van der Waals surface area (Å²) in [6.07, 6.45) is 0. The third kappa shape index (κ3) is 4.25. The van der Waals surface area contributed by atoms with Crippen LogP contribution < -0.4 is 5.32 Å². The Hall–Kier alpha value is -1.57. The Balaban J connectivity index is 2.16. The van der Waals surface area contributed by atoms with Gasteiger partial charge in [0.15, 0.2) is 15.7 Å². The Bertz CT molecular complexity index is 813. The number of nitrogens with one attached hydrogen (secondary N) is 1. The van der Waals surface area contributed by atoms with Gasteiger partial charge in [0.2, 0.25) is 5.91 Å². The van der Waals surface area contributed by atoms with E-state index < -0.39 is 26.7 Å². The molecular formula is C14H14Cl2N2O4S. The highest BCUT2D eigenvalue weighted by molar-refractivity contribution is 7.92. The average molecular weight is 377 g/mol. The summed E-state index contributed by atoms with van der Waals surface area (Å²) in [4.78, 5) is 12.1. The SMILES string of the molecule is Cc1cc(NC(=O)C(C)S(=O)(=O)Cc2c(Cl)cccc2Cl)no1. The van der Waals surface area contributed by atoms with Gasteiger partial charge in [0, 0.05) is 21.7 Å². The van der Waals surface area contributed by atoms with Crippen molar-refractivity contribution >= 4 is 44.8 Å². The Morgan fingerprint density at radius 1 is 1.35 bits per heavy atom. The Morgan fingerprint density at radius 3 is 2.48 bits per heavy atom. The number of anilines is 1. The molecular weight excluding hydrogens is 363 g/mol. The van der Waals surface area contributed by atoms with Crippen molar-refractivity contribution in [2.75, 3.05) is 5.32 Å². The molecule has 1 amide bonds. The zero-order valence-electron chi connectivity index (χ0n) is 12.3. The number of halogens is 2. The number of amides is 1. The minimum atomic E-state index is -3.81. The molecule has 0 radical (unpaired) electrons. The molecule has 124 valence electrons. The van der Waals surface area contributed by atoms with E-state index in [2.05, 4.69) is 10.5 Å². The predicted octanol–water partition coefficient (Wildman–Crippen LogP) is 3.23. The van der Waals surface area contributed by atoms with Crippen molar-refractivity contribution in [1.82, 2.24) is 5.16 Å². The molecule has 2 rings (SSSR count). The van der Waals surface area contributed by atoms with Gasteiger partial charge in [0.1, 0.15) is 11.0 Å². The van der Waals surface area contributed by atoms with E-state index in [0.29, 0.717) is 5.76 Å². The lowest BCUT2D eigenvalue weighted by Gasteiger charge is -2.13. The number of carbonyl (C=O) groups excluding carboxylic acids is 1. The van der Waals surface area contributed by atoms with Crippen LogP contribution in [0.5, 0.6) is 0 Å². The van der Waals surface area contributed by atoms with Crippen LogP contribution in [0.15, 0.2) is 28.8 Å². The van der Waals surface area contributed by atoms with Gasteiger partial charge in [-0.2, -0.15) is 0 Å². The maximum atomic E-state index is 12.4. The molecule has 1 N–H and O–H groups in total. The van der Waals surface area contributed by atoms with E-state index in [1.54, 1.807) is 25.1 Å². The lowest BCUT2D eigenvalue weighted by atomic mass is 10.2. The van der Waals surface area contributed by atoms with Crippen LogP contribution in [0.3, 0.4) is 0 Å². The fourth-order valence-electron chi connectivity index (χ4n) is 1.81. The fourth-order valence-corrected chi connectivity index (χ4v) is 3.85. The summed E-state index contributed by atoms with van der Waals surface area (Å²) < 4.78 is 29.6. The summed E-state index contributed by atoms with van der Waals surface area (Å²) in [5, 5.41) is 5.16. The van der Waals surface area contributed by atoms with Gasteiger partial charge in [-0.05, 0) is 26.0 Å². The highest BCUT2D eigenvalue weighted by atomic mass is 35.5. The number of aryl methyl sites for hydroxylation is 1. The summed E-state index contributed by atoms with van der Waals surface area (Å²) in [7, 11) is -3.81. The number of carbonyl (C=O) groups is 1. The molecule has 0 fully saturated rings. The van der Waals surface area contributed by atoms with Crippen molar-refractivity contribution in [3.05, 3.63) is 45.6 Å². The number of aromatic nitrogens is 1. The van der Waals surface area contributed by atoms with Crippen LogP contribution >= 0.6 is 23.2 Å². The second kappa shape index (κ2) is 6.90. The molecule has 1 atom stereocenters. The van der Waals surface area contributed by atoms with Gasteiger partial charge in [-0.25, -0.2) is 8.42 Å². The summed E-state index contributed by atoms with van der Waals surface area (Å²) >= 11 is 12.0. The molecule has 0 spiro atoms. The highest BCUT2D eigenvalue weighted by Crippen LogP contribution is 2.27. The zero-order valence-corrected chi connectivity index (χ0v) is 14.7. The molecule has 0 aliphatic carbocycles. The van der Waals surface area contributed by atoms with Gasteiger partial charge in [-0.1, -0.05) is 34.4 Å². The lowest BCUT2D eigenvalue weighted by molar-refractivity contribution is -0.115. The Morgan fingerprint density at radius 2 is 1.96 bits per heavy atom. The van der Waals surface area contributed by atoms with E-state index in [-0.39, 0.29) is 21.4 Å². The third-order valence-corrected chi connectivity index (χ3v) is 5.89. The Labute approximate surface area is 143 Å². The van der Waals surface area contributed by atoms with E-state index in [0.717, 1.165) is 0 Å². The van der Waals surface area contributed by atoms with E-state index in [1.165, 1.54) is 13.0 Å². The van der Waals surface area contributed by atoms with Crippen molar-refractivity contribution in [1.29, 1.82) is 0 Å². The van der Waals surface area contributed by atoms with Crippen molar-refractivity contribution < 1.29 is 17.7 Å². The van der Waals surface area contributed by atoms with Crippen molar-refractivity contribution in [3.63, 3.8) is 0 Å². The molecule has 9 heteroatoms. The first-order chi connectivity index (χ1) is 10.7. The van der Waals surface area contributed by atoms with E-state index in [4.69, 9.17) is 27.7 Å². The van der Waals surface area contributed by atoms with Crippen LogP contribution in [-0.4, -0.2) is 24.7 Å². The van der Waals surface area contributed by atoms with E-state index >= 15 is 0 Å². The number of rotatable bonds is 5. The maximum Gasteiger partial charge on any atom is 0.243 e. The number of hydrogen-bond acceptors (Lipinski definition) is 5. The van der Waals surface area contributed by atoms with Gasteiger partial charge in [-0.3, -0.25) is 4.79 Å². The molecule has 0 saturated heterocycles. The second-order valence-corrected chi connectivity index (χ2v) is 8.10. The van der Waals surface area contributed by atoms with Crippen molar-refractivity contribution in [2.45, 2.75) is 24.9 Å².